The van der Waals surface area contributed by atoms with E-state index < -0.39 is 0 Å². The van der Waals surface area contributed by atoms with Gasteiger partial charge in [-0.05, 0) is 37.8 Å². The molecule has 1 aliphatic heterocycles. The van der Waals surface area contributed by atoms with E-state index in [1.807, 2.05) is 0 Å². The summed E-state index contributed by atoms with van der Waals surface area (Å²) >= 11 is 0. The Balaban J connectivity index is 2.08. The summed E-state index contributed by atoms with van der Waals surface area (Å²) in [6, 6.07) is 4.25. The van der Waals surface area contributed by atoms with Gasteiger partial charge < -0.3 is 9.47 Å². The number of benzene rings is 1. The van der Waals surface area contributed by atoms with Gasteiger partial charge in [0.1, 0.15) is 0 Å². The zero-order valence-electron chi connectivity index (χ0n) is 10.2. The first-order valence-corrected chi connectivity index (χ1v) is 6.01. The lowest BCUT2D eigenvalue weighted by Crippen LogP contribution is -1.95. The van der Waals surface area contributed by atoms with Crippen LogP contribution in [0, 0.1) is 6.92 Å². The van der Waals surface area contributed by atoms with Crippen LogP contribution in [0.2, 0.25) is 0 Å². The van der Waals surface area contributed by atoms with E-state index in [2.05, 4.69) is 38.1 Å². The van der Waals surface area contributed by atoms with Crippen molar-refractivity contribution in [3.63, 3.8) is 0 Å². The molecule has 0 saturated heterocycles. The highest BCUT2D eigenvalue weighted by molar-refractivity contribution is 5.76. The number of rotatable bonds is 1. The van der Waals surface area contributed by atoms with E-state index in [9.17, 15) is 0 Å². The Morgan fingerprint density at radius 3 is 2.53 bits per heavy atom. The second kappa shape index (κ2) is 3.95. The highest BCUT2D eigenvalue weighted by atomic mass is 16.7. The molecule has 0 spiro atoms. The molecular weight excluding hydrogens is 212 g/mol. The fraction of sp³-hybridized carbons (Fsp3) is 0.333. The first kappa shape index (κ1) is 10.5. The van der Waals surface area contributed by atoms with Gasteiger partial charge in [-0.15, -0.1) is 0 Å². The van der Waals surface area contributed by atoms with Crippen LogP contribution in [-0.4, -0.2) is 6.79 Å². The van der Waals surface area contributed by atoms with Crippen molar-refractivity contribution in [1.29, 1.82) is 0 Å². The highest BCUT2D eigenvalue weighted by Crippen LogP contribution is 2.43. The molecule has 17 heavy (non-hydrogen) atoms. The van der Waals surface area contributed by atoms with Gasteiger partial charge in [0.25, 0.3) is 0 Å². The van der Waals surface area contributed by atoms with Crippen molar-refractivity contribution in [2.45, 2.75) is 26.7 Å². The molecule has 1 aliphatic carbocycles. The zero-order chi connectivity index (χ0) is 11.8. The third-order valence-corrected chi connectivity index (χ3v) is 3.42. The van der Waals surface area contributed by atoms with Crippen molar-refractivity contribution < 1.29 is 9.47 Å². The molecule has 88 valence electrons. The van der Waals surface area contributed by atoms with Gasteiger partial charge in [0.15, 0.2) is 11.5 Å². The smallest absolute Gasteiger partial charge is 0.231 e. The van der Waals surface area contributed by atoms with Gasteiger partial charge in [-0.25, -0.2) is 0 Å². The predicted octanol–water partition coefficient (Wildman–Crippen LogP) is 3.85. The van der Waals surface area contributed by atoms with Crippen LogP contribution < -0.4 is 9.47 Å². The molecule has 2 heteroatoms. The van der Waals surface area contributed by atoms with Crippen LogP contribution >= 0.6 is 0 Å². The minimum absolute atomic E-state index is 0.343. The molecule has 1 heterocycles. The van der Waals surface area contributed by atoms with Gasteiger partial charge >= 0.3 is 0 Å². The van der Waals surface area contributed by atoms with Gasteiger partial charge in [0.2, 0.25) is 6.79 Å². The molecule has 1 aromatic carbocycles. The van der Waals surface area contributed by atoms with Crippen LogP contribution in [0.3, 0.4) is 0 Å². The molecule has 2 nitrogen and oxygen atoms in total. The van der Waals surface area contributed by atoms with Crippen LogP contribution in [0.4, 0.5) is 0 Å². The van der Waals surface area contributed by atoms with E-state index in [0.29, 0.717) is 6.79 Å². The van der Waals surface area contributed by atoms with Crippen molar-refractivity contribution in [2.24, 2.45) is 0 Å². The van der Waals surface area contributed by atoms with E-state index >= 15 is 0 Å². The quantitative estimate of drug-likeness (QED) is 0.727. The Labute approximate surface area is 102 Å². The lowest BCUT2D eigenvalue weighted by atomic mass is 9.92. The van der Waals surface area contributed by atoms with Crippen molar-refractivity contribution >= 4 is 5.57 Å². The summed E-state index contributed by atoms with van der Waals surface area (Å²) in [5, 5.41) is 0. The molecule has 0 N–H and O–H groups in total. The maximum atomic E-state index is 5.61. The Hall–Kier alpha value is -1.70. The Bertz CT molecular complexity index is 524. The largest absolute Gasteiger partial charge is 0.453 e. The molecule has 0 bridgehead atoms. The topological polar surface area (TPSA) is 18.5 Å². The fourth-order valence-electron chi connectivity index (χ4n) is 2.35. The summed E-state index contributed by atoms with van der Waals surface area (Å²) in [6.07, 6.45) is 6.61. The number of aryl methyl sites for hydroxylation is 1. The zero-order valence-corrected chi connectivity index (χ0v) is 10.2. The highest BCUT2D eigenvalue weighted by Gasteiger charge is 2.22. The normalized spacial score (nSPS) is 17.8. The van der Waals surface area contributed by atoms with Gasteiger partial charge in [-0.3, -0.25) is 0 Å². The summed E-state index contributed by atoms with van der Waals surface area (Å²) in [4.78, 5) is 0. The first-order chi connectivity index (χ1) is 8.25. The third kappa shape index (κ3) is 1.74. The lowest BCUT2D eigenvalue weighted by Gasteiger charge is -2.14. The van der Waals surface area contributed by atoms with E-state index in [1.165, 1.54) is 16.7 Å². The van der Waals surface area contributed by atoms with E-state index in [4.69, 9.17) is 9.47 Å². The summed E-state index contributed by atoms with van der Waals surface area (Å²) in [7, 11) is 0. The second-order valence-electron chi connectivity index (χ2n) is 4.70. The average Bonchev–Trinajstić information content (AvgIpc) is 2.81. The summed E-state index contributed by atoms with van der Waals surface area (Å²) in [5.74, 6) is 1.83. The summed E-state index contributed by atoms with van der Waals surface area (Å²) in [6.45, 7) is 4.57. The van der Waals surface area contributed by atoms with E-state index in [-0.39, 0.29) is 0 Å². The Morgan fingerprint density at radius 2 is 1.76 bits per heavy atom. The molecule has 0 saturated carbocycles. The molecule has 0 aromatic heterocycles. The van der Waals surface area contributed by atoms with E-state index in [1.54, 1.807) is 0 Å². The number of fused-ring (bicyclic) bond motifs is 1. The van der Waals surface area contributed by atoms with Crippen molar-refractivity contribution in [1.82, 2.24) is 0 Å². The molecule has 3 rings (SSSR count). The monoisotopic (exact) mass is 228 g/mol. The third-order valence-electron chi connectivity index (χ3n) is 3.42. The maximum Gasteiger partial charge on any atom is 0.231 e. The molecule has 0 radical (unpaired) electrons. The fourth-order valence-corrected chi connectivity index (χ4v) is 2.35. The summed E-state index contributed by atoms with van der Waals surface area (Å²) < 4.78 is 11.1. The number of hydrogen-bond acceptors (Lipinski definition) is 2. The van der Waals surface area contributed by atoms with Crippen LogP contribution in [-0.2, 0) is 0 Å². The molecule has 0 fully saturated rings. The standard InChI is InChI=1S/C15H16O2/c1-10-3-6-12(7-4-10)13-8-5-11(2)14-15(13)17-9-16-14/h3,5-6,8H,4,7,9H2,1-2H3. The van der Waals surface area contributed by atoms with Crippen molar-refractivity contribution in [3.8, 4) is 11.5 Å². The van der Waals surface area contributed by atoms with Crippen LogP contribution in [0.25, 0.3) is 5.57 Å². The minimum atomic E-state index is 0.343. The van der Waals surface area contributed by atoms with Crippen LogP contribution in [0.5, 0.6) is 11.5 Å². The molecule has 0 atom stereocenters. The Morgan fingerprint density at radius 1 is 0.941 bits per heavy atom. The Kier molecular flexibility index (Phi) is 2.43. The number of hydrogen-bond donors (Lipinski definition) is 0. The SMILES string of the molecule is CC1=CC=C(c2ccc(C)c3c2OCO3)CC1. The average molecular weight is 228 g/mol. The first-order valence-electron chi connectivity index (χ1n) is 6.01. The van der Waals surface area contributed by atoms with Crippen LogP contribution in [0.1, 0.15) is 30.9 Å². The van der Waals surface area contributed by atoms with Crippen molar-refractivity contribution in [3.05, 3.63) is 41.0 Å². The maximum absolute atomic E-state index is 5.61. The van der Waals surface area contributed by atoms with Crippen LogP contribution in [0.15, 0.2) is 29.9 Å². The minimum Gasteiger partial charge on any atom is -0.453 e. The van der Waals surface area contributed by atoms with Gasteiger partial charge in [0, 0.05) is 5.56 Å². The van der Waals surface area contributed by atoms with Gasteiger partial charge in [-0.1, -0.05) is 29.9 Å². The molecule has 2 aliphatic rings. The molecular formula is C15H16O2. The van der Waals surface area contributed by atoms with Gasteiger partial charge in [0.05, 0.1) is 0 Å². The number of allylic oxidation sites excluding steroid dienone is 4. The molecule has 1 aromatic rings. The van der Waals surface area contributed by atoms with Crippen molar-refractivity contribution in [2.75, 3.05) is 6.79 Å². The predicted molar refractivity (Wildman–Crippen MR) is 68.3 cm³/mol. The molecule has 0 amide bonds. The molecule has 0 unspecified atom stereocenters. The number of ether oxygens (including phenoxy) is 2. The van der Waals surface area contributed by atoms with Gasteiger partial charge in [-0.2, -0.15) is 0 Å². The lowest BCUT2D eigenvalue weighted by molar-refractivity contribution is 0.173. The van der Waals surface area contributed by atoms with E-state index in [0.717, 1.165) is 29.9 Å². The second-order valence-corrected chi connectivity index (χ2v) is 4.70. The summed E-state index contributed by atoms with van der Waals surface area (Å²) in [5.41, 5.74) is 5.11.